The van der Waals surface area contributed by atoms with Crippen molar-refractivity contribution in [3.05, 3.63) is 53.1 Å². The van der Waals surface area contributed by atoms with Crippen LogP contribution in [0.5, 0.6) is 5.75 Å². The number of hydrogen-bond acceptors (Lipinski definition) is 3. The van der Waals surface area contributed by atoms with E-state index in [4.69, 9.17) is 16.3 Å². The predicted molar refractivity (Wildman–Crippen MR) is 99.5 cm³/mol. The van der Waals surface area contributed by atoms with Crippen LogP contribution in [0.4, 0.5) is 16.2 Å². The lowest BCUT2D eigenvalue weighted by Gasteiger charge is -2.10. The number of anilines is 2. The van der Waals surface area contributed by atoms with Crippen molar-refractivity contribution < 1.29 is 14.3 Å². The van der Waals surface area contributed by atoms with Crippen LogP contribution < -0.4 is 20.7 Å². The molecule has 0 aliphatic carbocycles. The van der Waals surface area contributed by atoms with E-state index >= 15 is 0 Å². The number of amides is 3. The van der Waals surface area contributed by atoms with E-state index in [1.54, 1.807) is 49.6 Å². The van der Waals surface area contributed by atoms with Crippen LogP contribution in [0.25, 0.3) is 0 Å². The number of urea groups is 1. The minimum Gasteiger partial charge on any atom is -0.497 e. The highest BCUT2D eigenvalue weighted by Crippen LogP contribution is 2.22. The van der Waals surface area contributed by atoms with Gasteiger partial charge in [-0.25, -0.2) is 4.79 Å². The van der Waals surface area contributed by atoms with Crippen molar-refractivity contribution in [2.45, 2.75) is 13.3 Å². The van der Waals surface area contributed by atoms with Gasteiger partial charge in [0.15, 0.2) is 0 Å². The molecule has 25 heavy (non-hydrogen) atoms. The Labute approximate surface area is 151 Å². The second kappa shape index (κ2) is 8.94. The summed E-state index contributed by atoms with van der Waals surface area (Å²) in [5.74, 6) is 0.508. The minimum absolute atomic E-state index is 0.155. The highest BCUT2D eigenvalue weighted by Gasteiger charge is 2.08. The number of halogens is 1. The first kappa shape index (κ1) is 18.6. The van der Waals surface area contributed by atoms with E-state index < -0.39 is 0 Å². The molecule has 0 heterocycles. The van der Waals surface area contributed by atoms with Gasteiger partial charge in [-0.3, -0.25) is 4.79 Å². The van der Waals surface area contributed by atoms with Gasteiger partial charge in [0.05, 0.1) is 7.11 Å². The molecule has 0 saturated heterocycles. The van der Waals surface area contributed by atoms with Gasteiger partial charge in [-0.1, -0.05) is 17.7 Å². The van der Waals surface area contributed by atoms with Gasteiger partial charge in [-0.15, -0.1) is 0 Å². The van der Waals surface area contributed by atoms with E-state index in [9.17, 15) is 9.59 Å². The van der Waals surface area contributed by atoms with Gasteiger partial charge < -0.3 is 20.7 Å². The summed E-state index contributed by atoms with van der Waals surface area (Å²) in [4.78, 5) is 23.7. The van der Waals surface area contributed by atoms with E-state index in [1.165, 1.54) is 0 Å². The Hall–Kier alpha value is -2.73. The Bertz CT molecular complexity index is 748. The lowest BCUT2D eigenvalue weighted by atomic mass is 10.2. The number of hydrogen-bond donors (Lipinski definition) is 3. The summed E-state index contributed by atoms with van der Waals surface area (Å²) in [6, 6.07) is 11.9. The zero-order valence-electron chi connectivity index (χ0n) is 14.1. The quantitative estimate of drug-likeness (QED) is 0.732. The maximum Gasteiger partial charge on any atom is 0.319 e. The van der Waals surface area contributed by atoms with Crippen LogP contribution in [0, 0.1) is 6.92 Å². The van der Waals surface area contributed by atoms with Gasteiger partial charge in [-0.2, -0.15) is 0 Å². The zero-order chi connectivity index (χ0) is 18.2. The van der Waals surface area contributed by atoms with Crippen molar-refractivity contribution in [2.24, 2.45) is 0 Å². The molecule has 0 unspecified atom stereocenters. The second-order valence-corrected chi connectivity index (χ2v) is 5.73. The van der Waals surface area contributed by atoms with Crippen molar-refractivity contribution in [1.29, 1.82) is 0 Å². The fourth-order valence-corrected chi connectivity index (χ4v) is 2.27. The molecule has 0 atom stereocenters. The Morgan fingerprint density at radius 2 is 1.80 bits per heavy atom. The third-order valence-corrected chi connectivity index (χ3v) is 3.94. The Morgan fingerprint density at radius 1 is 1.08 bits per heavy atom. The normalized spacial score (nSPS) is 10.0. The number of rotatable bonds is 6. The summed E-state index contributed by atoms with van der Waals surface area (Å²) in [5, 5.41) is 8.68. The molecule has 2 aromatic carbocycles. The Kier molecular flexibility index (Phi) is 6.65. The second-order valence-electron chi connectivity index (χ2n) is 5.32. The molecule has 7 heteroatoms. The highest BCUT2D eigenvalue weighted by atomic mass is 35.5. The molecule has 0 bridgehead atoms. The molecular weight excluding hydrogens is 342 g/mol. The topological polar surface area (TPSA) is 79.5 Å². The fourth-order valence-electron chi connectivity index (χ4n) is 2.09. The van der Waals surface area contributed by atoms with E-state index in [1.807, 2.05) is 6.92 Å². The summed E-state index contributed by atoms with van der Waals surface area (Å²) >= 11 is 6.01. The predicted octanol–water partition coefficient (Wildman–Crippen LogP) is 3.81. The number of ether oxygens (including phenoxy) is 1. The van der Waals surface area contributed by atoms with Crippen LogP contribution in [0.2, 0.25) is 5.02 Å². The van der Waals surface area contributed by atoms with Crippen LogP contribution >= 0.6 is 11.6 Å². The number of benzene rings is 2. The van der Waals surface area contributed by atoms with Crippen LogP contribution in [-0.2, 0) is 4.79 Å². The minimum atomic E-state index is -0.378. The number of carbonyl (C=O) groups is 2. The van der Waals surface area contributed by atoms with E-state index in [-0.39, 0.29) is 24.9 Å². The molecule has 2 rings (SSSR count). The maximum absolute atomic E-state index is 11.9. The first-order chi connectivity index (χ1) is 12.0. The van der Waals surface area contributed by atoms with Gasteiger partial charge in [0.2, 0.25) is 5.91 Å². The molecule has 6 nitrogen and oxygen atoms in total. The number of methoxy groups -OCH3 is 1. The molecule has 0 radical (unpaired) electrons. The lowest BCUT2D eigenvalue weighted by Crippen LogP contribution is -2.31. The molecule has 0 aliphatic heterocycles. The standard InChI is InChI=1S/C18H20ClN3O3/c1-12-15(19)4-3-5-16(12)22-17(23)10-11-20-18(24)21-13-6-8-14(25-2)9-7-13/h3-9H,10-11H2,1-2H3,(H,22,23)(H2,20,21,24). The summed E-state index contributed by atoms with van der Waals surface area (Å²) in [7, 11) is 1.57. The van der Waals surface area contributed by atoms with Gasteiger partial charge in [0.25, 0.3) is 0 Å². The van der Waals surface area contributed by atoms with Gasteiger partial charge in [0.1, 0.15) is 5.75 Å². The number of carbonyl (C=O) groups excluding carboxylic acids is 2. The molecule has 3 amide bonds. The van der Waals surface area contributed by atoms with Crippen LogP contribution in [0.3, 0.4) is 0 Å². The molecular formula is C18H20ClN3O3. The van der Waals surface area contributed by atoms with E-state index in [2.05, 4.69) is 16.0 Å². The smallest absolute Gasteiger partial charge is 0.319 e. The molecule has 0 aliphatic rings. The largest absolute Gasteiger partial charge is 0.497 e. The summed E-state index contributed by atoms with van der Waals surface area (Å²) < 4.78 is 5.05. The van der Waals surface area contributed by atoms with Crippen LogP contribution in [0.15, 0.2) is 42.5 Å². The van der Waals surface area contributed by atoms with Crippen molar-refractivity contribution in [2.75, 3.05) is 24.3 Å². The summed E-state index contributed by atoms with van der Waals surface area (Å²) in [5.41, 5.74) is 2.11. The van der Waals surface area contributed by atoms with Gasteiger partial charge in [-0.05, 0) is 48.9 Å². The van der Waals surface area contributed by atoms with Crippen molar-refractivity contribution >= 4 is 34.9 Å². The van der Waals surface area contributed by atoms with E-state index in [0.717, 1.165) is 5.56 Å². The molecule has 0 spiro atoms. The van der Waals surface area contributed by atoms with Crippen LogP contribution in [0.1, 0.15) is 12.0 Å². The van der Waals surface area contributed by atoms with Crippen molar-refractivity contribution in [1.82, 2.24) is 5.32 Å². The van der Waals surface area contributed by atoms with Gasteiger partial charge in [0, 0.05) is 29.4 Å². The maximum atomic E-state index is 11.9. The van der Waals surface area contributed by atoms with Gasteiger partial charge >= 0.3 is 6.03 Å². The Morgan fingerprint density at radius 3 is 2.48 bits per heavy atom. The SMILES string of the molecule is COc1ccc(NC(=O)NCCC(=O)Nc2cccc(Cl)c2C)cc1. The molecule has 0 fully saturated rings. The average molecular weight is 362 g/mol. The molecule has 132 valence electrons. The third-order valence-electron chi connectivity index (χ3n) is 3.53. The lowest BCUT2D eigenvalue weighted by molar-refractivity contribution is -0.116. The first-order valence-electron chi connectivity index (χ1n) is 7.73. The summed E-state index contributed by atoms with van der Waals surface area (Å²) in [6.07, 6.45) is 0.155. The highest BCUT2D eigenvalue weighted by molar-refractivity contribution is 6.31. The van der Waals surface area contributed by atoms with Crippen molar-refractivity contribution in [3.63, 3.8) is 0 Å². The summed E-state index contributed by atoms with van der Waals surface area (Å²) in [6.45, 7) is 2.05. The van der Waals surface area contributed by atoms with E-state index in [0.29, 0.717) is 22.1 Å². The Balaban J connectivity index is 1.74. The fraction of sp³-hybridized carbons (Fsp3) is 0.222. The average Bonchev–Trinajstić information content (AvgIpc) is 2.59. The number of nitrogens with one attached hydrogen (secondary N) is 3. The zero-order valence-corrected chi connectivity index (χ0v) is 14.8. The third kappa shape index (κ3) is 5.69. The molecule has 3 N–H and O–H groups in total. The van der Waals surface area contributed by atoms with Crippen molar-refractivity contribution in [3.8, 4) is 5.75 Å². The molecule has 0 aromatic heterocycles. The molecule has 2 aromatic rings. The molecule has 0 saturated carbocycles. The monoisotopic (exact) mass is 361 g/mol. The first-order valence-corrected chi connectivity index (χ1v) is 8.11. The van der Waals surface area contributed by atoms with Crippen LogP contribution in [-0.4, -0.2) is 25.6 Å².